The lowest BCUT2D eigenvalue weighted by Gasteiger charge is -2.13. The number of hydrogen-bond acceptors (Lipinski definition) is 6. The molecule has 8 nitrogen and oxygen atoms in total. The van der Waals surface area contributed by atoms with Gasteiger partial charge in [-0.3, -0.25) is 14.9 Å². The van der Waals surface area contributed by atoms with Gasteiger partial charge in [0.05, 0.1) is 28.1 Å². The molecule has 0 N–H and O–H groups in total. The van der Waals surface area contributed by atoms with Gasteiger partial charge in [0.1, 0.15) is 0 Å². The van der Waals surface area contributed by atoms with Gasteiger partial charge in [-0.25, -0.2) is 4.98 Å². The quantitative estimate of drug-likeness (QED) is 0.253. The Hall–Kier alpha value is -4.33. The topological polar surface area (TPSA) is 99.6 Å². The fourth-order valence-corrected chi connectivity index (χ4v) is 3.28. The SMILES string of the molecule is CC(C)Oc1c(C=Nn2c(-c3ccccc3)nc3ccccc3c2=O)cccc1[N+](=O)[O-]. The largest absolute Gasteiger partial charge is 0.484 e. The third-order valence-electron chi connectivity index (χ3n) is 4.67. The summed E-state index contributed by atoms with van der Waals surface area (Å²) in [6, 6.07) is 20.8. The number of nitro benzene ring substituents is 1. The molecule has 0 aliphatic heterocycles. The van der Waals surface area contributed by atoms with Crippen molar-refractivity contribution in [2.75, 3.05) is 0 Å². The smallest absolute Gasteiger partial charge is 0.311 e. The van der Waals surface area contributed by atoms with Crippen molar-refractivity contribution in [2.24, 2.45) is 5.10 Å². The predicted octanol–water partition coefficient (Wildman–Crippen LogP) is 4.64. The Morgan fingerprint density at radius 2 is 1.75 bits per heavy atom. The summed E-state index contributed by atoms with van der Waals surface area (Å²) in [6.45, 7) is 3.56. The lowest BCUT2D eigenvalue weighted by Crippen LogP contribution is -2.20. The molecule has 0 atom stereocenters. The molecule has 3 aromatic carbocycles. The molecule has 4 rings (SSSR count). The summed E-state index contributed by atoms with van der Waals surface area (Å²) in [5, 5.41) is 16.3. The number of fused-ring (bicyclic) bond motifs is 1. The summed E-state index contributed by atoms with van der Waals surface area (Å²) < 4.78 is 6.91. The lowest BCUT2D eigenvalue weighted by molar-refractivity contribution is -0.386. The van der Waals surface area contributed by atoms with E-state index in [1.807, 2.05) is 36.4 Å². The van der Waals surface area contributed by atoms with Crippen LogP contribution < -0.4 is 10.3 Å². The molecule has 0 bridgehead atoms. The Balaban J connectivity index is 1.92. The summed E-state index contributed by atoms with van der Waals surface area (Å²) in [5.41, 5.74) is 1.14. The molecule has 1 heterocycles. The Morgan fingerprint density at radius 3 is 2.47 bits per heavy atom. The molecule has 0 unspecified atom stereocenters. The van der Waals surface area contributed by atoms with Crippen LogP contribution in [0.2, 0.25) is 0 Å². The highest BCUT2D eigenvalue weighted by atomic mass is 16.6. The molecular weight excluding hydrogens is 408 g/mol. The zero-order valence-corrected chi connectivity index (χ0v) is 17.5. The molecule has 32 heavy (non-hydrogen) atoms. The van der Waals surface area contributed by atoms with Crippen molar-refractivity contribution in [2.45, 2.75) is 20.0 Å². The van der Waals surface area contributed by atoms with E-state index in [4.69, 9.17) is 4.74 Å². The number of aromatic nitrogens is 2. The first-order chi connectivity index (χ1) is 15.5. The summed E-state index contributed by atoms with van der Waals surface area (Å²) in [5.74, 6) is 0.460. The zero-order chi connectivity index (χ0) is 22.7. The first-order valence-electron chi connectivity index (χ1n) is 10.0. The highest BCUT2D eigenvalue weighted by molar-refractivity contribution is 5.86. The van der Waals surface area contributed by atoms with Crippen molar-refractivity contribution in [3.8, 4) is 17.1 Å². The van der Waals surface area contributed by atoms with Gasteiger partial charge in [-0.1, -0.05) is 48.5 Å². The van der Waals surface area contributed by atoms with E-state index in [1.54, 1.807) is 44.2 Å². The maximum absolute atomic E-state index is 13.3. The monoisotopic (exact) mass is 428 g/mol. The molecule has 0 radical (unpaired) electrons. The Bertz CT molecular complexity index is 1380. The van der Waals surface area contributed by atoms with Gasteiger partial charge < -0.3 is 4.74 Å². The molecule has 160 valence electrons. The van der Waals surface area contributed by atoms with Crippen LogP contribution in [0.5, 0.6) is 5.75 Å². The van der Waals surface area contributed by atoms with Crippen LogP contribution in [0.15, 0.2) is 82.7 Å². The van der Waals surface area contributed by atoms with Gasteiger partial charge in [0.15, 0.2) is 5.82 Å². The molecule has 0 spiro atoms. The van der Waals surface area contributed by atoms with E-state index in [9.17, 15) is 14.9 Å². The van der Waals surface area contributed by atoms with Gasteiger partial charge in [0.25, 0.3) is 5.56 Å². The molecule has 0 amide bonds. The van der Waals surface area contributed by atoms with Crippen LogP contribution in [-0.4, -0.2) is 26.9 Å². The molecule has 0 aliphatic carbocycles. The fraction of sp³-hybridized carbons (Fsp3) is 0.125. The minimum atomic E-state index is -0.506. The number of ether oxygens (including phenoxy) is 1. The van der Waals surface area contributed by atoms with Crippen LogP contribution >= 0.6 is 0 Å². The number of benzene rings is 3. The second kappa shape index (κ2) is 8.81. The molecule has 0 fully saturated rings. The van der Waals surface area contributed by atoms with Crippen LogP contribution in [0.3, 0.4) is 0 Å². The first-order valence-corrected chi connectivity index (χ1v) is 10.0. The maximum atomic E-state index is 13.3. The molecule has 0 aliphatic rings. The number of nitrogens with zero attached hydrogens (tertiary/aromatic N) is 4. The molecule has 0 saturated heterocycles. The zero-order valence-electron chi connectivity index (χ0n) is 17.5. The Labute approximate surface area is 183 Å². The van der Waals surface area contributed by atoms with Crippen LogP contribution in [-0.2, 0) is 0 Å². The van der Waals surface area contributed by atoms with E-state index in [-0.39, 0.29) is 23.1 Å². The van der Waals surface area contributed by atoms with E-state index in [0.717, 1.165) is 0 Å². The van der Waals surface area contributed by atoms with Gasteiger partial charge in [0, 0.05) is 17.2 Å². The summed E-state index contributed by atoms with van der Waals surface area (Å²) >= 11 is 0. The average Bonchev–Trinajstić information content (AvgIpc) is 2.79. The van der Waals surface area contributed by atoms with E-state index >= 15 is 0 Å². The van der Waals surface area contributed by atoms with E-state index in [2.05, 4.69) is 10.1 Å². The van der Waals surface area contributed by atoms with E-state index < -0.39 is 4.92 Å². The van der Waals surface area contributed by atoms with Crippen LogP contribution in [0.1, 0.15) is 19.4 Å². The van der Waals surface area contributed by atoms with Gasteiger partial charge in [0.2, 0.25) is 5.75 Å². The van der Waals surface area contributed by atoms with Crippen molar-refractivity contribution in [1.29, 1.82) is 0 Å². The van der Waals surface area contributed by atoms with Gasteiger partial charge in [-0.15, -0.1) is 0 Å². The minimum Gasteiger partial charge on any atom is -0.484 e. The lowest BCUT2D eigenvalue weighted by atomic mass is 10.2. The highest BCUT2D eigenvalue weighted by Gasteiger charge is 2.20. The van der Waals surface area contributed by atoms with Crippen LogP contribution in [0.4, 0.5) is 5.69 Å². The minimum absolute atomic E-state index is 0.0966. The van der Waals surface area contributed by atoms with Crippen molar-refractivity contribution < 1.29 is 9.66 Å². The molecule has 1 aromatic heterocycles. The van der Waals surface area contributed by atoms with Gasteiger partial charge in [-0.05, 0) is 32.0 Å². The summed E-state index contributed by atoms with van der Waals surface area (Å²) in [6.07, 6.45) is 1.10. The van der Waals surface area contributed by atoms with Crippen molar-refractivity contribution in [3.05, 3.63) is 98.8 Å². The molecule has 8 heteroatoms. The summed E-state index contributed by atoms with van der Waals surface area (Å²) in [4.78, 5) is 28.9. The first kappa shape index (κ1) is 20.9. The Kier molecular flexibility index (Phi) is 5.76. The second-order valence-electron chi connectivity index (χ2n) is 7.30. The van der Waals surface area contributed by atoms with Gasteiger partial charge >= 0.3 is 5.69 Å². The number of para-hydroxylation sites is 2. The number of hydrogen-bond donors (Lipinski definition) is 0. The fourth-order valence-electron chi connectivity index (χ4n) is 3.28. The molecular formula is C24H20N4O4. The van der Waals surface area contributed by atoms with E-state index in [1.165, 1.54) is 17.0 Å². The van der Waals surface area contributed by atoms with Crippen molar-refractivity contribution in [1.82, 2.24) is 9.66 Å². The predicted molar refractivity (Wildman–Crippen MR) is 123 cm³/mol. The third kappa shape index (κ3) is 4.11. The van der Waals surface area contributed by atoms with Gasteiger partial charge in [-0.2, -0.15) is 9.78 Å². The molecule has 4 aromatic rings. The Morgan fingerprint density at radius 1 is 1.03 bits per heavy atom. The highest BCUT2D eigenvalue weighted by Crippen LogP contribution is 2.31. The standard InChI is InChI=1S/C24H20N4O4/c1-16(2)32-22-18(11-8-14-21(22)28(30)31)15-25-27-23(17-9-4-3-5-10-17)26-20-13-7-6-12-19(20)24(27)29/h3-16H,1-2H3. The summed E-state index contributed by atoms with van der Waals surface area (Å²) in [7, 11) is 0. The molecule has 0 saturated carbocycles. The number of rotatable bonds is 6. The van der Waals surface area contributed by atoms with Crippen molar-refractivity contribution in [3.63, 3.8) is 0 Å². The van der Waals surface area contributed by atoms with Crippen LogP contribution in [0, 0.1) is 10.1 Å². The maximum Gasteiger partial charge on any atom is 0.311 e. The van der Waals surface area contributed by atoms with E-state index in [0.29, 0.717) is 27.9 Å². The second-order valence-corrected chi connectivity index (χ2v) is 7.30. The number of nitro groups is 1. The normalized spacial score (nSPS) is 11.3. The van der Waals surface area contributed by atoms with Crippen LogP contribution in [0.25, 0.3) is 22.3 Å². The van der Waals surface area contributed by atoms with Crippen molar-refractivity contribution >= 4 is 22.8 Å². The average molecular weight is 428 g/mol. The third-order valence-corrected chi connectivity index (χ3v) is 4.67.